The first kappa shape index (κ1) is 35.3. The summed E-state index contributed by atoms with van der Waals surface area (Å²) in [4.78, 5) is 29.9. The number of nitrogens with zero attached hydrogens (tertiary/aromatic N) is 2. The minimum atomic E-state index is -4.25. The molecule has 0 aliphatic rings. The Labute approximate surface area is 286 Å². The Bertz CT molecular complexity index is 1770. The van der Waals surface area contributed by atoms with Gasteiger partial charge in [0.05, 0.1) is 10.6 Å². The van der Waals surface area contributed by atoms with Crippen molar-refractivity contribution in [1.29, 1.82) is 0 Å². The first-order valence-corrected chi connectivity index (χ1v) is 17.3. The molecular formula is C35H36Cl3N3O4S. The average molecular weight is 701 g/mol. The van der Waals surface area contributed by atoms with Gasteiger partial charge >= 0.3 is 0 Å². The number of benzene rings is 4. The maximum absolute atomic E-state index is 14.6. The third-order valence-electron chi connectivity index (χ3n) is 7.36. The van der Waals surface area contributed by atoms with Gasteiger partial charge in [-0.05, 0) is 65.9 Å². The smallest absolute Gasteiger partial charge is 0.264 e. The zero-order valence-corrected chi connectivity index (χ0v) is 28.9. The summed E-state index contributed by atoms with van der Waals surface area (Å²) in [6.45, 7) is 5.41. The van der Waals surface area contributed by atoms with E-state index in [9.17, 15) is 18.0 Å². The number of carbonyl (C=O) groups is 2. The number of amides is 2. The molecule has 0 saturated heterocycles. The minimum Gasteiger partial charge on any atom is -0.354 e. The molecule has 46 heavy (non-hydrogen) atoms. The monoisotopic (exact) mass is 699 g/mol. The van der Waals surface area contributed by atoms with Crippen molar-refractivity contribution in [3.05, 3.63) is 129 Å². The maximum Gasteiger partial charge on any atom is 0.264 e. The van der Waals surface area contributed by atoms with E-state index in [1.54, 1.807) is 55.5 Å². The van der Waals surface area contributed by atoms with Crippen molar-refractivity contribution in [1.82, 2.24) is 10.2 Å². The van der Waals surface area contributed by atoms with Crippen LogP contribution in [-0.4, -0.2) is 44.3 Å². The molecule has 1 atom stereocenters. The molecule has 242 valence electrons. The largest absolute Gasteiger partial charge is 0.354 e. The normalized spacial score (nSPS) is 12.1. The van der Waals surface area contributed by atoms with Gasteiger partial charge in [-0.15, -0.1) is 0 Å². The van der Waals surface area contributed by atoms with Gasteiger partial charge in [-0.25, -0.2) is 8.42 Å². The molecule has 0 heterocycles. The van der Waals surface area contributed by atoms with Crippen LogP contribution in [-0.2, 0) is 32.6 Å². The molecule has 1 N–H and O–H groups in total. The summed E-state index contributed by atoms with van der Waals surface area (Å²) in [6.07, 6.45) is 0.184. The standard InChI is InChI=1S/C35H36Cl3N3O4S/c1-24(2)21-39-35(43)33(18-26-10-6-4-7-11-26)40(22-27-15-17-28(36)19-31(27)38)34(42)23-41(32-20-29(37)16-14-25(32)3)46(44,45)30-12-8-5-9-13-30/h4-17,19-20,24,33H,18,21-23H2,1-3H3,(H,39,43)/t33-/m0/s1. The van der Waals surface area contributed by atoms with Crippen LogP contribution in [0.5, 0.6) is 0 Å². The number of rotatable bonds is 13. The van der Waals surface area contributed by atoms with Crippen LogP contribution >= 0.6 is 34.8 Å². The fourth-order valence-electron chi connectivity index (χ4n) is 4.89. The predicted molar refractivity (Wildman–Crippen MR) is 186 cm³/mol. The van der Waals surface area contributed by atoms with E-state index in [1.807, 2.05) is 44.2 Å². The van der Waals surface area contributed by atoms with Crippen LogP contribution in [0.1, 0.15) is 30.5 Å². The number of halogens is 3. The summed E-state index contributed by atoms with van der Waals surface area (Å²) in [7, 11) is -4.25. The Balaban J connectivity index is 1.84. The lowest BCUT2D eigenvalue weighted by Crippen LogP contribution is -2.53. The molecule has 0 unspecified atom stereocenters. The van der Waals surface area contributed by atoms with Crippen LogP contribution < -0.4 is 9.62 Å². The number of hydrogen-bond donors (Lipinski definition) is 1. The molecule has 4 aromatic rings. The van der Waals surface area contributed by atoms with E-state index in [1.165, 1.54) is 23.1 Å². The molecule has 0 aliphatic heterocycles. The van der Waals surface area contributed by atoms with Crippen LogP contribution in [0.3, 0.4) is 0 Å². The number of aryl methyl sites for hydroxylation is 1. The van der Waals surface area contributed by atoms with Crippen LogP contribution in [0.2, 0.25) is 15.1 Å². The van der Waals surface area contributed by atoms with Crippen molar-refractivity contribution >= 4 is 62.3 Å². The van der Waals surface area contributed by atoms with E-state index in [2.05, 4.69) is 5.32 Å². The first-order chi connectivity index (χ1) is 21.9. The molecule has 0 fully saturated rings. The molecule has 0 radical (unpaired) electrons. The summed E-state index contributed by atoms with van der Waals surface area (Å²) >= 11 is 19.1. The SMILES string of the molecule is Cc1ccc(Cl)cc1N(CC(=O)N(Cc1ccc(Cl)cc1Cl)[C@@H](Cc1ccccc1)C(=O)NCC(C)C)S(=O)(=O)c1ccccc1. The van der Waals surface area contributed by atoms with E-state index < -0.39 is 28.5 Å². The van der Waals surface area contributed by atoms with Crippen molar-refractivity contribution in [2.24, 2.45) is 5.92 Å². The molecule has 0 aromatic heterocycles. The molecule has 11 heteroatoms. The zero-order valence-electron chi connectivity index (χ0n) is 25.8. The van der Waals surface area contributed by atoms with Gasteiger partial charge in [-0.2, -0.15) is 0 Å². The van der Waals surface area contributed by atoms with Gasteiger partial charge in [0.1, 0.15) is 12.6 Å². The van der Waals surface area contributed by atoms with E-state index in [0.717, 1.165) is 9.87 Å². The van der Waals surface area contributed by atoms with Gasteiger partial charge in [0.2, 0.25) is 11.8 Å². The summed E-state index contributed by atoms with van der Waals surface area (Å²) in [6, 6.07) is 26.0. The van der Waals surface area contributed by atoms with E-state index in [0.29, 0.717) is 32.7 Å². The van der Waals surface area contributed by atoms with E-state index in [4.69, 9.17) is 34.8 Å². The number of anilines is 1. The van der Waals surface area contributed by atoms with Crippen LogP contribution in [0.15, 0.2) is 102 Å². The maximum atomic E-state index is 14.6. The van der Waals surface area contributed by atoms with Crippen molar-refractivity contribution < 1.29 is 18.0 Å². The number of sulfonamides is 1. The van der Waals surface area contributed by atoms with Gasteiger partial charge in [-0.3, -0.25) is 13.9 Å². The highest BCUT2D eigenvalue weighted by Crippen LogP contribution is 2.31. The number of nitrogens with one attached hydrogen (secondary N) is 1. The second kappa shape index (κ2) is 15.8. The summed E-state index contributed by atoms with van der Waals surface area (Å²) in [5.74, 6) is -0.814. The summed E-state index contributed by atoms with van der Waals surface area (Å²) < 4.78 is 29.4. The molecule has 0 aliphatic carbocycles. The quantitative estimate of drug-likeness (QED) is 0.156. The van der Waals surface area contributed by atoms with Crippen LogP contribution in [0.25, 0.3) is 0 Å². The second-order valence-corrected chi connectivity index (χ2v) is 14.5. The Morgan fingerprint density at radius 2 is 1.43 bits per heavy atom. The third kappa shape index (κ3) is 9.04. The summed E-state index contributed by atoms with van der Waals surface area (Å²) in [5.41, 5.74) is 2.22. The molecular weight excluding hydrogens is 665 g/mol. The van der Waals surface area contributed by atoms with Crippen molar-refractivity contribution in [2.75, 3.05) is 17.4 Å². The van der Waals surface area contributed by atoms with E-state index in [-0.39, 0.29) is 35.4 Å². The molecule has 0 bridgehead atoms. The topological polar surface area (TPSA) is 86.8 Å². The highest BCUT2D eigenvalue weighted by atomic mass is 35.5. The Morgan fingerprint density at radius 1 is 0.826 bits per heavy atom. The highest BCUT2D eigenvalue weighted by Gasteiger charge is 2.35. The number of carbonyl (C=O) groups excluding carboxylic acids is 2. The fourth-order valence-corrected chi connectivity index (χ4v) is 7.02. The number of hydrogen-bond acceptors (Lipinski definition) is 4. The van der Waals surface area contributed by atoms with Gasteiger partial charge < -0.3 is 10.2 Å². The molecule has 0 spiro atoms. The molecule has 4 aromatic carbocycles. The lowest BCUT2D eigenvalue weighted by Gasteiger charge is -2.34. The van der Waals surface area contributed by atoms with E-state index >= 15 is 0 Å². The van der Waals surface area contributed by atoms with Crippen molar-refractivity contribution in [3.63, 3.8) is 0 Å². The van der Waals surface area contributed by atoms with Crippen LogP contribution in [0.4, 0.5) is 5.69 Å². The molecule has 7 nitrogen and oxygen atoms in total. The Hall–Kier alpha value is -3.56. The molecule has 2 amide bonds. The highest BCUT2D eigenvalue weighted by molar-refractivity contribution is 7.92. The predicted octanol–water partition coefficient (Wildman–Crippen LogP) is 7.56. The molecule has 4 rings (SSSR count). The van der Waals surface area contributed by atoms with Gasteiger partial charge in [0.15, 0.2) is 0 Å². The van der Waals surface area contributed by atoms with Crippen molar-refractivity contribution in [3.8, 4) is 0 Å². The summed E-state index contributed by atoms with van der Waals surface area (Å²) in [5, 5.41) is 4.00. The molecule has 0 saturated carbocycles. The van der Waals surface area contributed by atoms with Crippen molar-refractivity contribution in [2.45, 2.75) is 44.7 Å². The van der Waals surface area contributed by atoms with Gasteiger partial charge in [-0.1, -0.05) is 109 Å². The fraction of sp³-hybridized carbons (Fsp3) is 0.257. The zero-order chi connectivity index (χ0) is 33.4. The lowest BCUT2D eigenvalue weighted by atomic mass is 10.0. The Kier molecular flexibility index (Phi) is 12.1. The lowest BCUT2D eigenvalue weighted by molar-refractivity contribution is -0.140. The minimum absolute atomic E-state index is 0.00461. The third-order valence-corrected chi connectivity index (χ3v) is 9.96. The Morgan fingerprint density at radius 3 is 2.07 bits per heavy atom. The average Bonchev–Trinajstić information content (AvgIpc) is 3.03. The second-order valence-electron chi connectivity index (χ2n) is 11.4. The van der Waals surface area contributed by atoms with Gasteiger partial charge in [0.25, 0.3) is 10.0 Å². The van der Waals surface area contributed by atoms with Crippen LogP contribution in [0, 0.1) is 12.8 Å². The van der Waals surface area contributed by atoms with Gasteiger partial charge in [0, 0.05) is 34.6 Å². The first-order valence-electron chi connectivity index (χ1n) is 14.8.